The lowest BCUT2D eigenvalue weighted by Gasteiger charge is -2.42. The second-order valence-electron chi connectivity index (χ2n) is 6.69. The van der Waals surface area contributed by atoms with Crippen molar-refractivity contribution in [2.75, 3.05) is 19.6 Å². The lowest BCUT2D eigenvalue weighted by molar-refractivity contribution is -0.137. The number of amides is 2. The summed E-state index contributed by atoms with van der Waals surface area (Å²) < 4.78 is 0. The van der Waals surface area contributed by atoms with Gasteiger partial charge >= 0.3 is 0 Å². The summed E-state index contributed by atoms with van der Waals surface area (Å²) in [4.78, 5) is 25.8. The molecule has 0 aliphatic carbocycles. The molecule has 22 heavy (non-hydrogen) atoms. The van der Waals surface area contributed by atoms with E-state index in [9.17, 15) is 14.9 Å². The van der Waals surface area contributed by atoms with Gasteiger partial charge in [-0.1, -0.05) is 20.8 Å². The molecule has 0 aromatic carbocycles. The fraction of sp³-hybridized carbons (Fsp3) is 0.812. The average molecular weight is 308 g/mol. The predicted octanol–water partition coefficient (Wildman–Crippen LogP) is 1.16. The van der Waals surface area contributed by atoms with Gasteiger partial charge < -0.3 is 16.0 Å². The molecule has 0 radical (unpaired) electrons. The summed E-state index contributed by atoms with van der Waals surface area (Å²) in [6, 6.07) is 2.38. The lowest BCUT2D eigenvalue weighted by Crippen LogP contribution is -2.56. The molecule has 0 spiro atoms. The van der Waals surface area contributed by atoms with E-state index in [1.54, 1.807) is 18.7 Å². The maximum Gasteiger partial charge on any atom is 0.223 e. The zero-order chi connectivity index (χ0) is 16.8. The Morgan fingerprint density at radius 2 is 1.95 bits per heavy atom. The van der Waals surface area contributed by atoms with Crippen LogP contribution in [0.5, 0.6) is 0 Å². The first-order valence-electron chi connectivity index (χ1n) is 8.01. The molecule has 6 heteroatoms. The van der Waals surface area contributed by atoms with Crippen molar-refractivity contribution < 1.29 is 9.59 Å². The van der Waals surface area contributed by atoms with E-state index in [-0.39, 0.29) is 12.3 Å². The number of carbonyl (C=O) groups excluding carboxylic acids is 2. The highest BCUT2D eigenvalue weighted by Gasteiger charge is 2.41. The van der Waals surface area contributed by atoms with Gasteiger partial charge in [0.25, 0.3) is 0 Å². The van der Waals surface area contributed by atoms with Gasteiger partial charge in [-0.25, -0.2) is 0 Å². The van der Waals surface area contributed by atoms with E-state index in [1.807, 2.05) is 6.92 Å². The minimum absolute atomic E-state index is 0.0559. The van der Waals surface area contributed by atoms with Gasteiger partial charge in [-0.05, 0) is 38.8 Å². The van der Waals surface area contributed by atoms with Crippen LogP contribution in [-0.2, 0) is 9.59 Å². The number of nitrogens with one attached hydrogen (secondary N) is 1. The quantitative estimate of drug-likeness (QED) is 0.737. The van der Waals surface area contributed by atoms with Crippen LogP contribution in [0.1, 0.15) is 52.9 Å². The molecule has 6 nitrogen and oxygen atoms in total. The number of nitriles is 1. The first-order chi connectivity index (χ1) is 10.3. The summed E-state index contributed by atoms with van der Waals surface area (Å²) in [7, 11) is 0. The molecule has 1 aliphatic heterocycles. The van der Waals surface area contributed by atoms with Crippen LogP contribution < -0.4 is 11.1 Å². The highest BCUT2D eigenvalue weighted by Crippen LogP contribution is 2.29. The zero-order valence-corrected chi connectivity index (χ0v) is 13.9. The molecule has 0 bridgehead atoms. The van der Waals surface area contributed by atoms with Crippen LogP contribution in [0.3, 0.4) is 0 Å². The maximum atomic E-state index is 12.7. The summed E-state index contributed by atoms with van der Waals surface area (Å²) in [6.45, 7) is 7.56. The van der Waals surface area contributed by atoms with Gasteiger partial charge in [0.15, 0.2) is 0 Å². The Morgan fingerprint density at radius 3 is 2.41 bits per heavy atom. The zero-order valence-electron chi connectivity index (χ0n) is 13.9. The van der Waals surface area contributed by atoms with Crippen LogP contribution in [0, 0.1) is 16.7 Å². The Morgan fingerprint density at radius 1 is 1.36 bits per heavy atom. The molecule has 1 fully saturated rings. The molecule has 1 rings (SSSR count). The van der Waals surface area contributed by atoms with Gasteiger partial charge in [0.2, 0.25) is 11.8 Å². The highest BCUT2D eigenvalue weighted by atomic mass is 16.2. The predicted molar refractivity (Wildman–Crippen MR) is 84.7 cm³/mol. The van der Waals surface area contributed by atoms with Gasteiger partial charge in [-0.2, -0.15) is 5.26 Å². The van der Waals surface area contributed by atoms with Crippen LogP contribution in [-0.4, -0.2) is 41.9 Å². The number of hydrogen-bond donors (Lipinski definition) is 2. The standard InChI is InChI=1S/C16H28N4O2/c1-4-11-20(16(12-17)7-9-19-10-8-16)13(21)5-6-15(2,3)14(18)22/h19H,4-11H2,1-3H3,(H2,18,22). The van der Waals surface area contributed by atoms with E-state index < -0.39 is 16.9 Å². The van der Waals surface area contributed by atoms with Crippen LogP contribution in [0.4, 0.5) is 0 Å². The van der Waals surface area contributed by atoms with E-state index >= 15 is 0 Å². The van der Waals surface area contributed by atoms with Crippen molar-refractivity contribution in [2.45, 2.75) is 58.4 Å². The van der Waals surface area contributed by atoms with Crippen molar-refractivity contribution in [3.8, 4) is 6.07 Å². The van der Waals surface area contributed by atoms with E-state index in [0.29, 0.717) is 25.8 Å². The Hall–Kier alpha value is -1.61. The molecule has 124 valence electrons. The number of carbonyl (C=O) groups is 2. The molecule has 3 N–H and O–H groups in total. The van der Waals surface area contributed by atoms with Crippen molar-refractivity contribution in [1.82, 2.24) is 10.2 Å². The summed E-state index contributed by atoms with van der Waals surface area (Å²) in [5.74, 6) is -0.459. The normalized spacial score (nSPS) is 17.5. The van der Waals surface area contributed by atoms with Crippen LogP contribution in [0.2, 0.25) is 0 Å². The molecule has 1 heterocycles. The van der Waals surface area contributed by atoms with E-state index in [4.69, 9.17) is 5.73 Å². The molecule has 0 unspecified atom stereocenters. The van der Waals surface area contributed by atoms with Gasteiger partial charge in [0.1, 0.15) is 5.54 Å². The number of nitrogens with two attached hydrogens (primary N) is 1. The van der Waals surface area contributed by atoms with Crippen LogP contribution >= 0.6 is 0 Å². The Balaban J connectivity index is 2.83. The minimum atomic E-state index is -0.713. The Kier molecular flexibility index (Phi) is 6.36. The van der Waals surface area contributed by atoms with Gasteiger partial charge in [0.05, 0.1) is 6.07 Å². The number of primary amides is 1. The third-order valence-electron chi connectivity index (χ3n) is 4.53. The first-order valence-corrected chi connectivity index (χ1v) is 8.01. The highest BCUT2D eigenvalue weighted by molar-refractivity contribution is 5.82. The smallest absolute Gasteiger partial charge is 0.223 e. The SMILES string of the molecule is CCCN(C(=O)CCC(C)(C)C(N)=O)C1(C#N)CCNCC1. The van der Waals surface area contributed by atoms with Crippen LogP contribution in [0.15, 0.2) is 0 Å². The molecular formula is C16H28N4O2. The molecule has 0 aromatic rings. The first kappa shape index (κ1) is 18.4. The van der Waals surface area contributed by atoms with Crippen LogP contribution in [0.25, 0.3) is 0 Å². The summed E-state index contributed by atoms with van der Waals surface area (Å²) in [6.07, 6.45) is 2.75. The molecule has 0 saturated carbocycles. The summed E-state index contributed by atoms with van der Waals surface area (Å²) in [5, 5.41) is 12.9. The third-order valence-corrected chi connectivity index (χ3v) is 4.53. The second-order valence-corrected chi connectivity index (χ2v) is 6.69. The molecule has 1 aliphatic rings. The summed E-state index contributed by atoms with van der Waals surface area (Å²) >= 11 is 0. The topological polar surface area (TPSA) is 99.2 Å². The van der Waals surface area contributed by atoms with Gasteiger partial charge in [-0.3, -0.25) is 9.59 Å². The average Bonchev–Trinajstić information content (AvgIpc) is 2.51. The van der Waals surface area contributed by atoms with Gasteiger partial charge in [-0.15, -0.1) is 0 Å². The molecule has 0 aromatic heterocycles. The van der Waals surface area contributed by atoms with E-state index in [2.05, 4.69) is 11.4 Å². The van der Waals surface area contributed by atoms with Crippen molar-refractivity contribution >= 4 is 11.8 Å². The Bertz CT molecular complexity index is 448. The fourth-order valence-electron chi connectivity index (χ4n) is 2.76. The molecule has 1 saturated heterocycles. The molecule has 0 atom stereocenters. The van der Waals surface area contributed by atoms with E-state index in [1.165, 1.54) is 0 Å². The number of hydrogen-bond acceptors (Lipinski definition) is 4. The largest absolute Gasteiger partial charge is 0.369 e. The van der Waals surface area contributed by atoms with Crippen molar-refractivity contribution in [1.29, 1.82) is 5.26 Å². The monoisotopic (exact) mass is 308 g/mol. The lowest BCUT2D eigenvalue weighted by atomic mass is 9.84. The minimum Gasteiger partial charge on any atom is -0.369 e. The molecular weight excluding hydrogens is 280 g/mol. The molecule has 2 amide bonds. The number of rotatable bonds is 7. The Labute approximate surface area is 133 Å². The fourth-order valence-corrected chi connectivity index (χ4v) is 2.76. The summed E-state index contributed by atoms with van der Waals surface area (Å²) in [5.41, 5.74) is 3.94. The van der Waals surface area contributed by atoms with Gasteiger partial charge in [0, 0.05) is 18.4 Å². The van der Waals surface area contributed by atoms with Crippen molar-refractivity contribution in [3.63, 3.8) is 0 Å². The van der Waals surface area contributed by atoms with Crippen molar-refractivity contribution in [3.05, 3.63) is 0 Å². The van der Waals surface area contributed by atoms with E-state index in [0.717, 1.165) is 19.5 Å². The maximum absolute atomic E-state index is 12.7. The second kappa shape index (κ2) is 7.59. The van der Waals surface area contributed by atoms with Crippen molar-refractivity contribution in [2.24, 2.45) is 11.1 Å². The number of piperidine rings is 1. The number of nitrogens with zero attached hydrogens (tertiary/aromatic N) is 2. The third kappa shape index (κ3) is 4.20.